The smallest absolute Gasteiger partial charge is 0.430 e. The van der Waals surface area contributed by atoms with E-state index in [1.165, 1.54) is 0 Å². The topological polar surface area (TPSA) is 94.2 Å². The van der Waals surface area contributed by atoms with Gasteiger partial charge in [0.2, 0.25) is 0 Å². The van der Waals surface area contributed by atoms with Crippen molar-refractivity contribution in [3.05, 3.63) is 102 Å². The number of carbonyl (C=O) groups excluding carboxylic acids is 3. The molecule has 0 saturated heterocycles. The molecule has 1 atom stereocenters. The number of benzene rings is 3. The third-order valence-corrected chi connectivity index (χ3v) is 5.80. The number of ether oxygens (including phenoxy) is 3. The maximum atomic E-state index is 13.4. The Morgan fingerprint density at radius 1 is 0.857 bits per heavy atom. The molecule has 2 amide bonds. The molecule has 3 aromatic carbocycles. The summed E-state index contributed by atoms with van der Waals surface area (Å²) in [7, 11) is 0. The van der Waals surface area contributed by atoms with E-state index in [4.69, 9.17) is 14.2 Å². The van der Waals surface area contributed by atoms with Crippen molar-refractivity contribution in [3.8, 4) is 5.75 Å². The SMILES string of the molecule is CC(C)[C@]1(N(NC(=O)OCc2ccccc2)C(=O)OCc2ccccc2)C(=O)Oc2ccccc21. The van der Waals surface area contributed by atoms with Crippen LogP contribution in [-0.4, -0.2) is 23.2 Å². The molecule has 8 heteroatoms. The fraction of sp³-hybridized carbons (Fsp3) is 0.222. The van der Waals surface area contributed by atoms with Gasteiger partial charge in [0.15, 0.2) is 5.54 Å². The summed E-state index contributed by atoms with van der Waals surface area (Å²) in [6, 6.07) is 25.0. The first-order chi connectivity index (χ1) is 16.9. The maximum Gasteiger partial charge on any atom is 0.430 e. The summed E-state index contributed by atoms with van der Waals surface area (Å²) in [5, 5.41) is 0.891. The Kier molecular flexibility index (Phi) is 7.01. The number of hydrazine groups is 1. The number of hydrogen-bond donors (Lipinski definition) is 1. The quantitative estimate of drug-likeness (QED) is 0.309. The minimum atomic E-state index is -1.66. The summed E-state index contributed by atoms with van der Waals surface area (Å²) in [5.41, 5.74) is 2.76. The van der Waals surface area contributed by atoms with Gasteiger partial charge in [-0.25, -0.2) is 19.8 Å². The Morgan fingerprint density at radius 3 is 2.00 bits per heavy atom. The third kappa shape index (κ3) is 4.82. The van der Waals surface area contributed by atoms with Crippen molar-refractivity contribution in [3.63, 3.8) is 0 Å². The van der Waals surface area contributed by atoms with Gasteiger partial charge in [0.1, 0.15) is 19.0 Å². The number of nitrogens with zero attached hydrogens (tertiary/aromatic N) is 1. The van der Waals surface area contributed by atoms with Crippen LogP contribution in [0.1, 0.15) is 30.5 Å². The van der Waals surface area contributed by atoms with Crippen LogP contribution in [0, 0.1) is 5.92 Å². The van der Waals surface area contributed by atoms with Gasteiger partial charge in [-0.2, -0.15) is 5.01 Å². The molecule has 1 aliphatic heterocycles. The molecule has 0 aliphatic carbocycles. The zero-order chi connectivity index (χ0) is 24.8. The van der Waals surface area contributed by atoms with Crippen LogP contribution in [0.5, 0.6) is 5.75 Å². The molecule has 4 rings (SSSR count). The second-order valence-corrected chi connectivity index (χ2v) is 8.36. The first-order valence-electron chi connectivity index (χ1n) is 11.2. The maximum absolute atomic E-state index is 13.4. The molecule has 35 heavy (non-hydrogen) atoms. The fourth-order valence-corrected chi connectivity index (χ4v) is 4.08. The van der Waals surface area contributed by atoms with Crippen molar-refractivity contribution >= 4 is 18.2 Å². The van der Waals surface area contributed by atoms with E-state index in [9.17, 15) is 14.4 Å². The predicted molar refractivity (Wildman–Crippen MR) is 127 cm³/mol. The van der Waals surface area contributed by atoms with Crippen LogP contribution < -0.4 is 10.2 Å². The number of nitrogens with one attached hydrogen (secondary N) is 1. The Labute approximate surface area is 203 Å². The summed E-state index contributed by atoms with van der Waals surface area (Å²) >= 11 is 0. The fourth-order valence-electron chi connectivity index (χ4n) is 4.08. The molecule has 1 heterocycles. The molecule has 3 aromatic rings. The molecular weight excluding hydrogens is 448 g/mol. The summed E-state index contributed by atoms with van der Waals surface area (Å²) in [6.45, 7) is 3.45. The Bertz CT molecular complexity index is 1200. The standard InChI is InChI=1S/C27H26N2O6/c1-19(2)27(22-15-9-10-16-23(22)35-24(27)30)29(26(32)34-18-21-13-7-4-8-14-21)28-25(31)33-17-20-11-5-3-6-12-20/h3-16,19H,17-18H2,1-2H3,(H,28,31)/t27-/m1/s1. The number of rotatable bonds is 6. The molecule has 8 nitrogen and oxygen atoms in total. The van der Waals surface area contributed by atoms with Crippen molar-refractivity contribution < 1.29 is 28.6 Å². The molecule has 1 N–H and O–H groups in total. The zero-order valence-corrected chi connectivity index (χ0v) is 19.5. The molecule has 0 saturated carbocycles. The normalized spacial score (nSPS) is 16.3. The highest BCUT2D eigenvalue weighted by Crippen LogP contribution is 2.46. The Balaban J connectivity index is 1.64. The van der Waals surface area contributed by atoms with Crippen LogP contribution in [-0.2, 0) is 33.0 Å². The highest BCUT2D eigenvalue weighted by atomic mass is 16.6. The number of amides is 2. The van der Waals surface area contributed by atoms with Gasteiger partial charge in [-0.15, -0.1) is 0 Å². The molecule has 1 aliphatic rings. The summed E-state index contributed by atoms with van der Waals surface area (Å²) in [6.07, 6.45) is -1.84. The second kappa shape index (κ2) is 10.3. The summed E-state index contributed by atoms with van der Waals surface area (Å²) < 4.78 is 16.3. The summed E-state index contributed by atoms with van der Waals surface area (Å²) in [5.74, 6) is -0.877. The van der Waals surface area contributed by atoms with Crippen LogP contribution >= 0.6 is 0 Å². The number of para-hydroxylation sites is 1. The Morgan fingerprint density at radius 2 is 1.40 bits per heavy atom. The van der Waals surface area contributed by atoms with Gasteiger partial charge in [-0.3, -0.25) is 0 Å². The first-order valence-corrected chi connectivity index (χ1v) is 11.2. The average molecular weight is 475 g/mol. The van der Waals surface area contributed by atoms with E-state index in [1.807, 2.05) is 36.4 Å². The van der Waals surface area contributed by atoms with Crippen molar-refractivity contribution in [2.75, 3.05) is 0 Å². The van der Waals surface area contributed by atoms with E-state index < -0.39 is 29.6 Å². The number of esters is 1. The number of fused-ring (bicyclic) bond motifs is 1. The lowest BCUT2D eigenvalue weighted by Gasteiger charge is -2.39. The summed E-state index contributed by atoms with van der Waals surface area (Å²) in [4.78, 5) is 39.5. The number of carbonyl (C=O) groups is 3. The van der Waals surface area contributed by atoms with Gasteiger partial charge in [0.25, 0.3) is 0 Å². The van der Waals surface area contributed by atoms with Crippen molar-refractivity contribution in [1.82, 2.24) is 10.4 Å². The van der Waals surface area contributed by atoms with Crippen molar-refractivity contribution in [2.45, 2.75) is 32.6 Å². The Hall–Kier alpha value is -4.33. The van der Waals surface area contributed by atoms with Gasteiger partial charge in [-0.05, 0) is 23.1 Å². The molecule has 0 fully saturated rings. The molecule has 0 spiro atoms. The average Bonchev–Trinajstić information content (AvgIpc) is 3.18. The van der Waals surface area contributed by atoms with Crippen LogP contribution in [0.2, 0.25) is 0 Å². The van der Waals surface area contributed by atoms with E-state index in [2.05, 4.69) is 5.43 Å². The second-order valence-electron chi connectivity index (χ2n) is 8.36. The van der Waals surface area contributed by atoms with E-state index in [0.717, 1.165) is 16.1 Å². The monoisotopic (exact) mass is 474 g/mol. The highest BCUT2D eigenvalue weighted by molar-refractivity contribution is 5.94. The minimum absolute atomic E-state index is 0.0186. The lowest BCUT2D eigenvalue weighted by atomic mass is 9.80. The molecule has 0 aromatic heterocycles. The lowest BCUT2D eigenvalue weighted by Crippen LogP contribution is -2.63. The third-order valence-electron chi connectivity index (χ3n) is 5.80. The van der Waals surface area contributed by atoms with E-state index in [0.29, 0.717) is 11.3 Å². The van der Waals surface area contributed by atoms with Gasteiger partial charge >= 0.3 is 18.2 Å². The van der Waals surface area contributed by atoms with Gasteiger partial charge in [0.05, 0.1) is 0 Å². The molecule has 0 radical (unpaired) electrons. The first kappa shape index (κ1) is 23.8. The van der Waals surface area contributed by atoms with Crippen LogP contribution in [0.3, 0.4) is 0 Å². The van der Waals surface area contributed by atoms with E-state index in [1.54, 1.807) is 62.4 Å². The van der Waals surface area contributed by atoms with E-state index in [-0.39, 0.29) is 13.2 Å². The van der Waals surface area contributed by atoms with Crippen LogP contribution in [0.4, 0.5) is 9.59 Å². The molecule has 0 unspecified atom stereocenters. The van der Waals surface area contributed by atoms with Gasteiger partial charge in [-0.1, -0.05) is 92.7 Å². The molecule has 0 bridgehead atoms. The van der Waals surface area contributed by atoms with E-state index >= 15 is 0 Å². The van der Waals surface area contributed by atoms with Crippen LogP contribution in [0.15, 0.2) is 84.9 Å². The number of hydrogen-bond acceptors (Lipinski definition) is 6. The van der Waals surface area contributed by atoms with Gasteiger partial charge < -0.3 is 14.2 Å². The predicted octanol–water partition coefficient (Wildman–Crippen LogP) is 4.94. The largest absolute Gasteiger partial charge is 0.443 e. The zero-order valence-electron chi connectivity index (χ0n) is 19.5. The highest BCUT2D eigenvalue weighted by Gasteiger charge is 2.59. The van der Waals surface area contributed by atoms with Crippen molar-refractivity contribution in [1.29, 1.82) is 0 Å². The lowest BCUT2D eigenvalue weighted by molar-refractivity contribution is -0.150. The van der Waals surface area contributed by atoms with Crippen LogP contribution in [0.25, 0.3) is 0 Å². The van der Waals surface area contributed by atoms with Gasteiger partial charge in [0, 0.05) is 5.56 Å². The van der Waals surface area contributed by atoms with Crippen molar-refractivity contribution in [2.24, 2.45) is 5.92 Å². The minimum Gasteiger partial charge on any atom is -0.443 e. The molecule has 180 valence electrons. The molecular formula is C27H26N2O6.